The van der Waals surface area contributed by atoms with Gasteiger partial charge in [0.15, 0.2) is 0 Å². The third kappa shape index (κ3) is 3.71. The van der Waals surface area contributed by atoms with Gasteiger partial charge in [-0.25, -0.2) is 0 Å². The Bertz CT molecular complexity index is 944. The van der Waals surface area contributed by atoms with Crippen molar-refractivity contribution in [1.29, 1.82) is 0 Å². The van der Waals surface area contributed by atoms with Crippen LogP contribution in [0.2, 0.25) is 0 Å². The first-order valence-electron chi connectivity index (χ1n) is 7.56. The maximum atomic E-state index is 12.1. The van der Waals surface area contributed by atoms with Crippen LogP contribution in [0.4, 0.5) is 5.69 Å². The number of thiazole rings is 1. The maximum absolute atomic E-state index is 12.1. The molecule has 0 bridgehead atoms. The number of fused-ring (bicyclic) bond motifs is 1. The Kier molecular flexibility index (Phi) is 5.06. The highest BCUT2D eigenvalue weighted by molar-refractivity contribution is 7.99. The summed E-state index contributed by atoms with van der Waals surface area (Å²) in [6.45, 7) is 2.08. The molecule has 4 nitrogen and oxygen atoms in total. The van der Waals surface area contributed by atoms with E-state index in [0.29, 0.717) is 5.75 Å². The molecule has 1 heterocycles. The smallest absolute Gasteiger partial charge is 0.307 e. The molecule has 0 aliphatic carbocycles. The summed E-state index contributed by atoms with van der Waals surface area (Å²) in [5.74, 6) is 1.19. The third-order valence-corrected chi connectivity index (χ3v) is 5.80. The zero-order valence-corrected chi connectivity index (χ0v) is 15.2. The van der Waals surface area contributed by atoms with Gasteiger partial charge in [0, 0.05) is 18.5 Å². The average Bonchev–Trinajstić information content (AvgIpc) is 2.83. The van der Waals surface area contributed by atoms with Gasteiger partial charge in [-0.15, -0.1) is 11.8 Å². The lowest BCUT2D eigenvalue weighted by atomic mass is 10.1. The summed E-state index contributed by atoms with van der Waals surface area (Å²) < 4.78 is 2.50. The van der Waals surface area contributed by atoms with Gasteiger partial charge in [-0.05, 0) is 36.2 Å². The Morgan fingerprint density at radius 2 is 2.04 bits per heavy atom. The van der Waals surface area contributed by atoms with E-state index >= 15 is 0 Å². The van der Waals surface area contributed by atoms with E-state index in [-0.39, 0.29) is 10.8 Å². The van der Waals surface area contributed by atoms with Gasteiger partial charge in [-0.3, -0.25) is 9.59 Å². The van der Waals surface area contributed by atoms with Gasteiger partial charge in [-0.1, -0.05) is 35.6 Å². The Hall–Kier alpha value is -2.05. The molecule has 1 aromatic heterocycles. The second-order valence-electron chi connectivity index (χ2n) is 5.58. The Balaban J connectivity index is 1.59. The van der Waals surface area contributed by atoms with E-state index in [4.69, 9.17) is 0 Å². The number of rotatable bonds is 5. The molecule has 1 amide bonds. The zero-order chi connectivity index (χ0) is 17.1. The SMILES string of the molecule is Cc1ccccc1CSCC(=O)Nc1ccc2c(c1)sc(=O)n2C. The first-order valence-corrected chi connectivity index (χ1v) is 9.53. The number of nitrogens with zero attached hydrogens (tertiary/aromatic N) is 1. The quantitative estimate of drug-likeness (QED) is 0.755. The number of benzene rings is 2. The summed E-state index contributed by atoms with van der Waals surface area (Å²) in [5.41, 5.74) is 4.11. The molecular formula is C18H18N2O2S2. The van der Waals surface area contributed by atoms with Crippen molar-refractivity contribution in [3.05, 3.63) is 63.3 Å². The minimum absolute atomic E-state index is 0.00210. The third-order valence-electron chi connectivity index (χ3n) is 3.83. The average molecular weight is 358 g/mol. The van der Waals surface area contributed by atoms with Crippen molar-refractivity contribution in [3.8, 4) is 0 Å². The summed E-state index contributed by atoms with van der Waals surface area (Å²) >= 11 is 2.78. The predicted molar refractivity (Wildman–Crippen MR) is 103 cm³/mol. The van der Waals surface area contributed by atoms with E-state index in [1.165, 1.54) is 22.5 Å². The van der Waals surface area contributed by atoms with Gasteiger partial charge < -0.3 is 9.88 Å². The molecule has 0 saturated heterocycles. The highest BCUT2D eigenvalue weighted by atomic mass is 32.2. The summed E-state index contributed by atoms with van der Waals surface area (Å²) in [6, 6.07) is 13.8. The van der Waals surface area contributed by atoms with Crippen molar-refractivity contribution >= 4 is 44.9 Å². The molecule has 6 heteroatoms. The maximum Gasteiger partial charge on any atom is 0.307 e. The van der Waals surface area contributed by atoms with Gasteiger partial charge >= 0.3 is 4.87 Å². The number of hydrogen-bond acceptors (Lipinski definition) is 4. The molecule has 0 unspecified atom stereocenters. The van der Waals surface area contributed by atoms with Crippen LogP contribution < -0.4 is 10.2 Å². The predicted octanol–water partition coefficient (Wildman–Crippen LogP) is 3.78. The molecule has 1 N–H and O–H groups in total. The van der Waals surface area contributed by atoms with Crippen LogP contribution in [-0.4, -0.2) is 16.2 Å². The van der Waals surface area contributed by atoms with Crippen LogP contribution >= 0.6 is 23.1 Å². The Morgan fingerprint density at radius 3 is 2.83 bits per heavy atom. The highest BCUT2D eigenvalue weighted by Crippen LogP contribution is 2.22. The van der Waals surface area contributed by atoms with Crippen molar-refractivity contribution in [2.45, 2.75) is 12.7 Å². The minimum atomic E-state index is -0.0313. The first-order chi connectivity index (χ1) is 11.5. The number of aromatic nitrogens is 1. The molecule has 0 aliphatic heterocycles. The standard InChI is InChI=1S/C18H18N2O2S2/c1-12-5-3-4-6-13(12)10-23-11-17(21)19-14-7-8-15-16(9-14)24-18(22)20(15)2/h3-9H,10-11H2,1-2H3,(H,19,21). The van der Waals surface area contributed by atoms with Gasteiger partial charge in [-0.2, -0.15) is 0 Å². The lowest BCUT2D eigenvalue weighted by molar-refractivity contribution is -0.113. The minimum Gasteiger partial charge on any atom is -0.325 e. The molecule has 0 atom stereocenters. The number of amides is 1. The molecule has 3 rings (SSSR count). The fraction of sp³-hybridized carbons (Fsp3) is 0.222. The van der Waals surface area contributed by atoms with E-state index in [1.807, 2.05) is 30.3 Å². The zero-order valence-electron chi connectivity index (χ0n) is 13.5. The van der Waals surface area contributed by atoms with Crippen LogP contribution in [0.5, 0.6) is 0 Å². The van der Waals surface area contributed by atoms with Gasteiger partial charge in [0.25, 0.3) is 0 Å². The highest BCUT2D eigenvalue weighted by Gasteiger charge is 2.08. The van der Waals surface area contributed by atoms with Crippen molar-refractivity contribution in [1.82, 2.24) is 4.57 Å². The second-order valence-corrected chi connectivity index (χ2v) is 7.56. The van der Waals surface area contributed by atoms with Crippen molar-refractivity contribution in [2.24, 2.45) is 7.05 Å². The number of thioether (sulfide) groups is 1. The van der Waals surface area contributed by atoms with Crippen LogP contribution in [0, 0.1) is 6.92 Å². The molecule has 3 aromatic rings. The van der Waals surface area contributed by atoms with Gasteiger partial charge in [0.1, 0.15) is 0 Å². The van der Waals surface area contributed by atoms with Crippen molar-refractivity contribution in [3.63, 3.8) is 0 Å². The number of carbonyl (C=O) groups excluding carboxylic acids is 1. The van der Waals surface area contributed by atoms with Crippen molar-refractivity contribution < 1.29 is 4.79 Å². The van der Waals surface area contributed by atoms with E-state index in [1.54, 1.807) is 23.4 Å². The Morgan fingerprint density at radius 1 is 1.25 bits per heavy atom. The fourth-order valence-corrected chi connectivity index (χ4v) is 4.26. The van der Waals surface area contributed by atoms with E-state index in [2.05, 4.69) is 24.4 Å². The van der Waals surface area contributed by atoms with E-state index in [9.17, 15) is 9.59 Å². The summed E-state index contributed by atoms with van der Waals surface area (Å²) in [6.07, 6.45) is 0. The number of aryl methyl sites for hydroxylation is 2. The van der Waals surface area contributed by atoms with Crippen LogP contribution in [-0.2, 0) is 17.6 Å². The molecule has 124 valence electrons. The van der Waals surface area contributed by atoms with Crippen LogP contribution in [0.25, 0.3) is 10.2 Å². The van der Waals surface area contributed by atoms with Gasteiger partial charge in [0.05, 0.1) is 16.0 Å². The van der Waals surface area contributed by atoms with Crippen molar-refractivity contribution in [2.75, 3.05) is 11.1 Å². The van der Waals surface area contributed by atoms with Crippen LogP contribution in [0.3, 0.4) is 0 Å². The number of anilines is 1. The largest absolute Gasteiger partial charge is 0.325 e. The van der Waals surface area contributed by atoms with Crippen LogP contribution in [0.1, 0.15) is 11.1 Å². The summed E-state index contributed by atoms with van der Waals surface area (Å²) in [5, 5.41) is 2.90. The molecule has 2 aromatic carbocycles. The molecule has 24 heavy (non-hydrogen) atoms. The normalized spacial score (nSPS) is 10.9. The lowest BCUT2D eigenvalue weighted by Crippen LogP contribution is -2.14. The van der Waals surface area contributed by atoms with Crippen LogP contribution in [0.15, 0.2) is 47.3 Å². The Labute approximate surface area is 148 Å². The summed E-state index contributed by atoms with van der Waals surface area (Å²) in [4.78, 5) is 23.8. The lowest BCUT2D eigenvalue weighted by Gasteiger charge is -2.07. The molecule has 0 spiro atoms. The number of nitrogens with one attached hydrogen (secondary N) is 1. The fourth-order valence-electron chi connectivity index (χ4n) is 2.43. The van der Waals surface area contributed by atoms with E-state index < -0.39 is 0 Å². The molecular weight excluding hydrogens is 340 g/mol. The molecule has 0 aliphatic rings. The first kappa shape index (κ1) is 16.8. The molecule has 0 fully saturated rings. The monoisotopic (exact) mass is 358 g/mol. The number of hydrogen-bond donors (Lipinski definition) is 1. The topological polar surface area (TPSA) is 51.1 Å². The van der Waals surface area contributed by atoms with Gasteiger partial charge in [0.2, 0.25) is 5.91 Å². The molecule has 0 saturated carbocycles. The second kappa shape index (κ2) is 7.23. The molecule has 0 radical (unpaired) electrons. The number of carbonyl (C=O) groups is 1. The van der Waals surface area contributed by atoms with E-state index in [0.717, 1.165) is 21.7 Å². The summed E-state index contributed by atoms with van der Waals surface area (Å²) in [7, 11) is 1.75.